The van der Waals surface area contributed by atoms with Crippen LogP contribution in [-0.2, 0) is 11.2 Å². The lowest BCUT2D eigenvalue weighted by atomic mass is 9.92. The summed E-state index contributed by atoms with van der Waals surface area (Å²) < 4.78 is 1.48. The van der Waals surface area contributed by atoms with Gasteiger partial charge in [-0.2, -0.15) is 0 Å². The van der Waals surface area contributed by atoms with Crippen LogP contribution in [0.2, 0.25) is 0 Å². The molecule has 1 N–H and O–H groups in total. The van der Waals surface area contributed by atoms with E-state index in [1.54, 1.807) is 13.0 Å². The predicted octanol–water partition coefficient (Wildman–Crippen LogP) is 2.03. The summed E-state index contributed by atoms with van der Waals surface area (Å²) in [7, 11) is 0. The molecular formula is C19H18N6O2. The maximum absolute atomic E-state index is 13.2. The van der Waals surface area contributed by atoms with Crippen LogP contribution >= 0.6 is 0 Å². The summed E-state index contributed by atoms with van der Waals surface area (Å²) in [5.41, 5.74) is 1.96. The van der Waals surface area contributed by atoms with E-state index in [9.17, 15) is 9.59 Å². The number of tetrazole rings is 1. The number of anilines is 1. The van der Waals surface area contributed by atoms with Gasteiger partial charge in [-0.15, -0.1) is 5.10 Å². The highest BCUT2D eigenvalue weighted by atomic mass is 16.2. The molecule has 136 valence electrons. The highest BCUT2D eigenvalue weighted by Gasteiger charge is 2.48. The molecule has 2 aromatic carbocycles. The van der Waals surface area contributed by atoms with E-state index in [0.29, 0.717) is 17.8 Å². The summed E-state index contributed by atoms with van der Waals surface area (Å²) in [4.78, 5) is 27.1. The van der Waals surface area contributed by atoms with Crippen molar-refractivity contribution in [2.45, 2.75) is 25.8 Å². The summed E-state index contributed by atoms with van der Waals surface area (Å²) in [6, 6.07) is 14.6. The van der Waals surface area contributed by atoms with Crippen molar-refractivity contribution < 1.29 is 9.59 Å². The molecule has 8 nitrogen and oxygen atoms in total. The third-order valence-corrected chi connectivity index (χ3v) is 4.71. The standard InChI is InChI=1S/C19H18N6O2/c1-13-8-9-15(24-12-20-22-23-24)10-16(13)25-17(26)19(2,21-18(25)27)11-14-6-4-3-5-7-14/h3-10,12H,11H2,1-2H3,(H,21,27). The highest BCUT2D eigenvalue weighted by molar-refractivity contribution is 6.23. The Morgan fingerprint density at radius 3 is 2.59 bits per heavy atom. The van der Waals surface area contributed by atoms with Crippen LogP contribution in [0.5, 0.6) is 0 Å². The number of imide groups is 1. The molecule has 1 aliphatic heterocycles. The van der Waals surface area contributed by atoms with Crippen molar-refractivity contribution in [2.75, 3.05) is 4.90 Å². The van der Waals surface area contributed by atoms with Crippen molar-refractivity contribution >= 4 is 17.6 Å². The van der Waals surface area contributed by atoms with Gasteiger partial charge in [0, 0.05) is 6.42 Å². The lowest BCUT2D eigenvalue weighted by Gasteiger charge is -2.22. The number of amides is 3. The smallest absolute Gasteiger partial charge is 0.323 e. The van der Waals surface area contributed by atoms with E-state index in [2.05, 4.69) is 20.8 Å². The number of rotatable bonds is 4. The fraction of sp³-hybridized carbons (Fsp3) is 0.211. The van der Waals surface area contributed by atoms with Crippen molar-refractivity contribution in [1.29, 1.82) is 0 Å². The number of aromatic nitrogens is 4. The highest BCUT2D eigenvalue weighted by Crippen LogP contribution is 2.31. The lowest BCUT2D eigenvalue weighted by molar-refractivity contribution is -0.121. The molecule has 0 bridgehead atoms. The Kier molecular flexibility index (Phi) is 3.95. The van der Waals surface area contributed by atoms with Gasteiger partial charge in [0.05, 0.1) is 11.4 Å². The fourth-order valence-electron chi connectivity index (χ4n) is 3.29. The minimum absolute atomic E-state index is 0.284. The summed E-state index contributed by atoms with van der Waals surface area (Å²) >= 11 is 0. The largest absolute Gasteiger partial charge is 0.329 e. The van der Waals surface area contributed by atoms with Crippen LogP contribution in [0.25, 0.3) is 5.69 Å². The second-order valence-corrected chi connectivity index (χ2v) is 6.79. The Bertz CT molecular complexity index is 1000. The molecule has 0 radical (unpaired) electrons. The zero-order valence-corrected chi connectivity index (χ0v) is 15.0. The Morgan fingerprint density at radius 1 is 1.11 bits per heavy atom. The maximum Gasteiger partial charge on any atom is 0.329 e. The van der Waals surface area contributed by atoms with E-state index >= 15 is 0 Å². The molecule has 0 spiro atoms. The van der Waals surface area contributed by atoms with Crippen molar-refractivity contribution in [2.24, 2.45) is 0 Å². The normalized spacial score (nSPS) is 19.4. The number of carbonyl (C=O) groups is 2. The molecule has 1 aromatic heterocycles. The molecule has 0 aliphatic carbocycles. The molecule has 3 amide bonds. The van der Waals surface area contributed by atoms with Crippen LogP contribution < -0.4 is 10.2 Å². The fourth-order valence-corrected chi connectivity index (χ4v) is 3.29. The van der Waals surface area contributed by atoms with Crippen LogP contribution in [0.15, 0.2) is 54.9 Å². The van der Waals surface area contributed by atoms with E-state index in [1.807, 2.05) is 49.4 Å². The second kappa shape index (κ2) is 6.31. The van der Waals surface area contributed by atoms with Gasteiger partial charge < -0.3 is 5.32 Å². The number of nitrogens with zero attached hydrogens (tertiary/aromatic N) is 5. The van der Waals surface area contributed by atoms with Crippen molar-refractivity contribution in [3.63, 3.8) is 0 Å². The summed E-state index contributed by atoms with van der Waals surface area (Å²) in [5, 5.41) is 13.9. The Morgan fingerprint density at radius 2 is 1.89 bits per heavy atom. The molecule has 27 heavy (non-hydrogen) atoms. The Labute approximate surface area is 155 Å². The van der Waals surface area contributed by atoms with Crippen LogP contribution in [0.3, 0.4) is 0 Å². The zero-order valence-electron chi connectivity index (χ0n) is 15.0. The first-order valence-corrected chi connectivity index (χ1v) is 8.52. The van der Waals surface area contributed by atoms with Gasteiger partial charge >= 0.3 is 6.03 Å². The quantitative estimate of drug-likeness (QED) is 0.717. The van der Waals surface area contributed by atoms with Crippen molar-refractivity contribution in [3.8, 4) is 5.69 Å². The van der Waals surface area contributed by atoms with Gasteiger partial charge in [-0.25, -0.2) is 14.4 Å². The lowest BCUT2D eigenvalue weighted by Crippen LogP contribution is -2.46. The SMILES string of the molecule is Cc1ccc(-n2cnnn2)cc1N1C(=O)NC(C)(Cc2ccccc2)C1=O. The first-order valence-electron chi connectivity index (χ1n) is 8.52. The van der Waals surface area contributed by atoms with Gasteiger partial charge in [0.1, 0.15) is 11.9 Å². The number of benzene rings is 2. The van der Waals surface area contributed by atoms with Gasteiger partial charge in [-0.05, 0) is 47.5 Å². The minimum Gasteiger partial charge on any atom is -0.323 e. The second-order valence-electron chi connectivity index (χ2n) is 6.79. The Hall–Kier alpha value is -3.55. The topological polar surface area (TPSA) is 93.0 Å². The molecule has 3 aromatic rings. The monoisotopic (exact) mass is 362 g/mol. The number of urea groups is 1. The third kappa shape index (κ3) is 2.95. The molecule has 4 rings (SSSR count). The molecule has 2 heterocycles. The molecule has 1 saturated heterocycles. The van der Waals surface area contributed by atoms with Crippen LogP contribution in [0.4, 0.5) is 10.5 Å². The van der Waals surface area contributed by atoms with Crippen LogP contribution in [0.1, 0.15) is 18.1 Å². The van der Waals surface area contributed by atoms with E-state index < -0.39 is 11.6 Å². The first kappa shape index (κ1) is 16.9. The average molecular weight is 362 g/mol. The number of hydrogen-bond donors (Lipinski definition) is 1. The molecule has 1 atom stereocenters. The van der Waals surface area contributed by atoms with E-state index in [0.717, 1.165) is 11.1 Å². The van der Waals surface area contributed by atoms with Crippen LogP contribution in [0, 0.1) is 6.92 Å². The molecule has 1 aliphatic rings. The zero-order chi connectivity index (χ0) is 19.0. The maximum atomic E-state index is 13.2. The van der Waals surface area contributed by atoms with E-state index in [-0.39, 0.29) is 5.91 Å². The average Bonchev–Trinajstić information content (AvgIpc) is 3.25. The molecular weight excluding hydrogens is 344 g/mol. The van der Waals surface area contributed by atoms with Crippen molar-refractivity contribution in [3.05, 3.63) is 66.0 Å². The van der Waals surface area contributed by atoms with Gasteiger partial charge in [0.25, 0.3) is 5.91 Å². The summed E-state index contributed by atoms with van der Waals surface area (Å²) in [6.07, 6.45) is 1.88. The molecule has 0 saturated carbocycles. The number of hydrogen-bond acceptors (Lipinski definition) is 5. The predicted molar refractivity (Wildman–Crippen MR) is 98.5 cm³/mol. The van der Waals surface area contributed by atoms with E-state index in [4.69, 9.17) is 0 Å². The van der Waals surface area contributed by atoms with Gasteiger partial charge in [0.2, 0.25) is 0 Å². The first-order chi connectivity index (χ1) is 13.0. The van der Waals surface area contributed by atoms with Crippen molar-refractivity contribution in [1.82, 2.24) is 25.5 Å². The van der Waals surface area contributed by atoms with Gasteiger partial charge in [0.15, 0.2) is 0 Å². The van der Waals surface area contributed by atoms with Gasteiger partial charge in [-0.3, -0.25) is 4.79 Å². The molecule has 1 unspecified atom stereocenters. The summed E-state index contributed by atoms with van der Waals surface area (Å²) in [5.74, 6) is -0.284. The molecule has 1 fully saturated rings. The Balaban J connectivity index is 1.69. The summed E-state index contributed by atoms with van der Waals surface area (Å²) in [6.45, 7) is 3.60. The number of nitrogens with one attached hydrogen (secondary N) is 1. The third-order valence-electron chi connectivity index (χ3n) is 4.71. The minimum atomic E-state index is -1.00. The van der Waals surface area contributed by atoms with E-state index in [1.165, 1.54) is 15.9 Å². The van der Waals surface area contributed by atoms with Crippen LogP contribution in [-0.4, -0.2) is 37.7 Å². The number of carbonyl (C=O) groups excluding carboxylic acids is 2. The number of aryl methyl sites for hydroxylation is 1. The van der Waals surface area contributed by atoms with Gasteiger partial charge in [-0.1, -0.05) is 36.4 Å². The molecule has 8 heteroatoms.